The van der Waals surface area contributed by atoms with E-state index >= 15 is 0 Å². The first kappa shape index (κ1) is 16.7. The van der Waals surface area contributed by atoms with Gasteiger partial charge in [0, 0.05) is 40.9 Å². The zero-order valence-electron chi connectivity index (χ0n) is 13.1. The number of carbonyl (C=O) groups excluding carboxylic acids is 3. The van der Waals surface area contributed by atoms with Gasteiger partial charge >= 0.3 is 11.8 Å². The summed E-state index contributed by atoms with van der Waals surface area (Å²) in [6.07, 6.45) is 2.98. The Kier molecular flexibility index (Phi) is 4.49. The molecule has 2 amide bonds. The number of anilines is 2. The summed E-state index contributed by atoms with van der Waals surface area (Å²) in [5, 5.41) is 6.01. The molecule has 0 atom stereocenters. The van der Waals surface area contributed by atoms with Crippen LogP contribution in [0.4, 0.5) is 11.4 Å². The Morgan fingerprint density at radius 3 is 2.40 bits per heavy atom. The summed E-state index contributed by atoms with van der Waals surface area (Å²) in [6.45, 7) is 1.36. The number of nitrogens with one attached hydrogen (secondary N) is 3. The molecule has 0 aliphatic carbocycles. The largest absolute Gasteiger partial charge is 0.350 e. The van der Waals surface area contributed by atoms with Gasteiger partial charge in [0.2, 0.25) is 0 Å². The van der Waals surface area contributed by atoms with Gasteiger partial charge in [0.25, 0.3) is 0 Å². The van der Waals surface area contributed by atoms with Gasteiger partial charge in [-0.15, -0.1) is 0 Å². The van der Waals surface area contributed by atoms with Crippen LogP contribution >= 0.6 is 11.6 Å². The molecule has 0 radical (unpaired) electrons. The van der Waals surface area contributed by atoms with Crippen LogP contribution in [0.15, 0.2) is 42.7 Å². The molecule has 2 aromatic heterocycles. The SMILES string of the molecule is CC(=O)c1[nH]c2cc(Cl)ccc2c1NC(=O)C(=O)Nc1ccncc1. The van der Waals surface area contributed by atoms with E-state index in [1.807, 2.05) is 0 Å². The van der Waals surface area contributed by atoms with E-state index < -0.39 is 11.8 Å². The van der Waals surface area contributed by atoms with E-state index in [9.17, 15) is 14.4 Å². The number of pyridine rings is 1. The Bertz CT molecular complexity index is 982. The lowest BCUT2D eigenvalue weighted by atomic mass is 10.2. The molecule has 0 saturated heterocycles. The summed E-state index contributed by atoms with van der Waals surface area (Å²) in [5.74, 6) is -2.03. The molecule has 0 aliphatic heterocycles. The smallest absolute Gasteiger partial charge is 0.314 e. The third kappa shape index (κ3) is 3.51. The molecule has 0 aliphatic rings. The lowest BCUT2D eigenvalue weighted by Crippen LogP contribution is -2.29. The second kappa shape index (κ2) is 6.74. The zero-order chi connectivity index (χ0) is 18.0. The van der Waals surface area contributed by atoms with Gasteiger partial charge in [0.15, 0.2) is 5.78 Å². The van der Waals surface area contributed by atoms with Gasteiger partial charge in [0.1, 0.15) is 5.69 Å². The summed E-state index contributed by atoms with van der Waals surface area (Å²) >= 11 is 5.94. The molecule has 8 heteroatoms. The van der Waals surface area contributed by atoms with Crippen LogP contribution in [0.5, 0.6) is 0 Å². The van der Waals surface area contributed by atoms with Crippen LogP contribution in [0.2, 0.25) is 5.02 Å². The molecule has 0 saturated carbocycles. The van der Waals surface area contributed by atoms with Crippen molar-refractivity contribution in [2.75, 3.05) is 10.6 Å². The molecule has 0 fully saturated rings. The number of aromatic amines is 1. The van der Waals surface area contributed by atoms with E-state index in [0.717, 1.165) is 0 Å². The molecule has 2 heterocycles. The van der Waals surface area contributed by atoms with E-state index in [4.69, 9.17) is 11.6 Å². The number of fused-ring (bicyclic) bond motifs is 1. The first-order chi connectivity index (χ1) is 12.0. The predicted octanol–water partition coefficient (Wildman–Crippen LogP) is 3.00. The van der Waals surface area contributed by atoms with Gasteiger partial charge in [-0.25, -0.2) is 0 Å². The average Bonchev–Trinajstić information content (AvgIpc) is 2.93. The third-order valence-electron chi connectivity index (χ3n) is 3.50. The minimum Gasteiger partial charge on any atom is -0.350 e. The molecular formula is C17H13ClN4O3. The fourth-order valence-electron chi connectivity index (χ4n) is 2.36. The number of carbonyl (C=O) groups is 3. The number of hydrogen-bond acceptors (Lipinski definition) is 4. The zero-order valence-corrected chi connectivity index (χ0v) is 13.8. The summed E-state index contributed by atoms with van der Waals surface area (Å²) < 4.78 is 0. The Hall–Kier alpha value is -3.19. The fraction of sp³-hybridized carbons (Fsp3) is 0.0588. The summed E-state index contributed by atoms with van der Waals surface area (Å²) in [6, 6.07) is 8.04. The number of amides is 2. The average molecular weight is 357 g/mol. The Morgan fingerprint density at radius 2 is 1.72 bits per heavy atom. The van der Waals surface area contributed by atoms with E-state index in [1.54, 1.807) is 30.3 Å². The molecule has 3 N–H and O–H groups in total. The molecule has 7 nitrogen and oxygen atoms in total. The van der Waals surface area contributed by atoms with Crippen molar-refractivity contribution in [3.8, 4) is 0 Å². The first-order valence-corrected chi connectivity index (χ1v) is 7.68. The maximum absolute atomic E-state index is 12.2. The van der Waals surface area contributed by atoms with Crippen molar-refractivity contribution < 1.29 is 14.4 Å². The van der Waals surface area contributed by atoms with Gasteiger partial charge in [-0.1, -0.05) is 11.6 Å². The van der Waals surface area contributed by atoms with E-state index in [2.05, 4.69) is 20.6 Å². The number of rotatable bonds is 3. The van der Waals surface area contributed by atoms with Crippen molar-refractivity contribution in [1.29, 1.82) is 0 Å². The Morgan fingerprint density at radius 1 is 1.04 bits per heavy atom. The number of hydrogen-bond donors (Lipinski definition) is 3. The van der Waals surface area contributed by atoms with Gasteiger partial charge in [-0.3, -0.25) is 19.4 Å². The molecule has 126 valence electrons. The maximum Gasteiger partial charge on any atom is 0.314 e. The Labute approximate surface area is 147 Å². The summed E-state index contributed by atoms with van der Waals surface area (Å²) in [7, 11) is 0. The van der Waals surface area contributed by atoms with Gasteiger partial charge in [0.05, 0.1) is 5.69 Å². The lowest BCUT2D eigenvalue weighted by molar-refractivity contribution is -0.132. The van der Waals surface area contributed by atoms with E-state index in [0.29, 0.717) is 21.6 Å². The van der Waals surface area contributed by atoms with Crippen LogP contribution in [0, 0.1) is 0 Å². The molecule has 3 rings (SSSR count). The van der Waals surface area contributed by atoms with Crippen LogP contribution in [0.3, 0.4) is 0 Å². The minimum absolute atomic E-state index is 0.197. The molecule has 1 aromatic carbocycles. The van der Waals surface area contributed by atoms with Gasteiger partial charge in [-0.05, 0) is 30.3 Å². The molecular weight excluding hydrogens is 344 g/mol. The van der Waals surface area contributed by atoms with Crippen molar-refractivity contribution in [3.05, 3.63) is 53.4 Å². The van der Waals surface area contributed by atoms with Crippen LogP contribution in [-0.4, -0.2) is 27.6 Å². The standard InChI is InChI=1S/C17H13ClN4O3/c1-9(23)14-15(12-3-2-10(18)8-13(12)21-14)22-17(25)16(24)20-11-4-6-19-7-5-11/h2-8,21H,1H3,(H,22,25)(H,19,20,24). The summed E-state index contributed by atoms with van der Waals surface area (Å²) in [4.78, 5) is 42.8. The lowest BCUT2D eigenvalue weighted by Gasteiger charge is -2.07. The van der Waals surface area contributed by atoms with Crippen LogP contribution in [0.25, 0.3) is 10.9 Å². The topological polar surface area (TPSA) is 104 Å². The van der Waals surface area contributed by atoms with Crippen LogP contribution in [-0.2, 0) is 9.59 Å². The van der Waals surface area contributed by atoms with Crippen molar-refractivity contribution in [2.45, 2.75) is 6.92 Å². The van der Waals surface area contributed by atoms with Gasteiger partial charge in [-0.2, -0.15) is 0 Å². The molecule has 0 unspecified atom stereocenters. The summed E-state index contributed by atoms with van der Waals surface area (Å²) in [5.41, 5.74) is 1.46. The van der Waals surface area contributed by atoms with Crippen molar-refractivity contribution in [3.63, 3.8) is 0 Å². The number of ketones is 1. The second-order valence-electron chi connectivity index (χ2n) is 5.27. The number of H-pyrrole nitrogens is 1. The van der Waals surface area contributed by atoms with E-state index in [-0.39, 0.29) is 17.2 Å². The molecule has 3 aromatic rings. The van der Waals surface area contributed by atoms with Crippen molar-refractivity contribution in [1.82, 2.24) is 9.97 Å². The molecule has 0 bridgehead atoms. The van der Waals surface area contributed by atoms with Crippen molar-refractivity contribution >= 4 is 51.5 Å². The van der Waals surface area contributed by atoms with E-state index in [1.165, 1.54) is 19.3 Å². The molecule has 0 spiro atoms. The number of aromatic nitrogens is 2. The normalized spacial score (nSPS) is 10.5. The quantitative estimate of drug-likeness (QED) is 0.495. The van der Waals surface area contributed by atoms with Crippen LogP contribution < -0.4 is 10.6 Å². The fourth-order valence-corrected chi connectivity index (χ4v) is 2.53. The highest BCUT2D eigenvalue weighted by molar-refractivity contribution is 6.44. The molecule has 25 heavy (non-hydrogen) atoms. The first-order valence-electron chi connectivity index (χ1n) is 7.30. The highest BCUT2D eigenvalue weighted by Gasteiger charge is 2.21. The predicted molar refractivity (Wildman–Crippen MR) is 94.8 cm³/mol. The number of halogens is 1. The second-order valence-corrected chi connectivity index (χ2v) is 5.70. The van der Waals surface area contributed by atoms with Crippen LogP contribution in [0.1, 0.15) is 17.4 Å². The maximum atomic E-state index is 12.2. The number of benzene rings is 1. The Balaban J connectivity index is 1.89. The third-order valence-corrected chi connectivity index (χ3v) is 3.73. The van der Waals surface area contributed by atoms with Gasteiger partial charge < -0.3 is 15.6 Å². The minimum atomic E-state index is -0.893. The highest BCUT2D eigenvalue weighted by atomic mass is 35.5. The monoisotopic (exact) mass is 356 g/mol. The van der Waals surface area contributed by atoms with Crippen molar-refractivity contribution in [2.24, 2.45) is 0 Å². The number of Topliss-reactive ketones (excluding diaryl/α,β-unsaturated/α-hetero) is 1. The highest BCUT2D eigenvalue weighted by Crippen LogP contribution is 2.30. The number of nitrogens with zero attached hydrogens (tertiary/aromatic N) is 1.